The zero-order valence-corrected chi connectivity index (χ0v) is 22.7. The summed E-state index contributed by atoms with van der Waals surface area (Å²) in [6.45, 7) is 5.90. The van der Waals surface area contributed by atoms with Crippen LogP contribution in [0.4, 0.5) is 10.5 Å². The van der Waals surface area contributed by atoms with E-state index in [0.29, 0.717) is 35.0 Å². The van der Waals surface area contributed by atoms with Crippen LogP contribution in [0.25, 0.3) is 28.1 Å². The number of carbonyl (C=O) groups is 2. The van der Waals surface area contributed by atoms with Gasteiger partial charge < -0.3 is 24.8 Å². The number of anilines is 1. The number of nitrogens with one attached hydrogen (secondary N) is 2. The predicted molar refractivity (Wildman–Crippen MR) is 151 cm³/mol. The number of urea groups is 1. The number of aryl methyl sites for hydroxylation is 1. The highest BCUT2D eigenvalue weighted by molar-refractivity contribution is 5.91. The number of para-hydroxylation sites is 1. The summed E-state index contributed by atoms with van der Waals surface area (Å²) in [5.74, 6) is 0.926. The van der Waals surface area contributed by atoms with Gasteiger partial charge in [-0.25, -0.2) is 4.79 Å². The smallest absolute Gasteiger partial charge is 0.319 e. The zero-order chi connectivity index (χ0) is 27.9. The molecule has 0 aliphatic rings. The van der Waals surface area contributed by atoms with E-state index in [0.717, 1.165) is 28.8 Å². The largest absolute Gasteiger partial charge is 0.493 e. The van der Waals surface area contributed by atoms with Crippen molar-refractivity contribution in [2.24, 2.45) is 0 Å². The third kappa shape index (κ3) is 6.04. The number of hydrogen-bond donors (Lipinski definition) is 2. The van der Waals surface area contributed by atoms with Crippen LogP contribution in [0, 0.1) is 6.92 Å². The molecule has 0 atom stereocenters. The van der Waals surface area contributed by atoms with Crippen molar-refractivity contribution in [1.29, 1.82) is 0 Å². The summed E-state index contributed by atoms with van der Waals surface area (Å²) in [6.07, 6.45) is 0.842. The molecule has 2 amide bonds. The first-order valence-corrected chi connectivity index (χ1v) is 12.6. The first-order valence-electron chi connectivity index (χ1n) is 12.6. The lowest BCUT2D eigenvalue weighted by Gasteiger charge is -2.12. The van der Waals surface area contributed by atoms with Gasteiger partial charge in [0, 0.05) is 24.7 Å². The number of rotatable bonds is 9. The summed E-state index contributed by atoms with van der Waals surface area (Å²) >= 11 is 0. The molecule has 4 rings (SSSR count). The van der Waals surface area contributed by atoms with Crippen LogP contribution in [0.5, 0.6) is 17.4 Å². The molecular weight excluding hydrogens is 496 g/mol. The number of methoxy groups -OCH3 is 2. The van der Waals surface area contributed by atoms with Crippen LogP contribution in [0.15, 0.2) is 66.7 Å². The highest BCUT2D eigenvalue weighted by Crippen LogP contribution is 2.43. The minimum Gasteiger partial charge on any atom is -0.493 e. The van der Waals surface area contributed by atoms with E-state index < -0.39 is 5.97 Å². The van der Waals surface area contributed by atoms with Crippen molar-refractivity contribution < 1.29 is 23.8 Å². The molecule has 0 aliphatic heterocycles. The maximum absolute atomic E-state index is 12.3. The molecule has 4 aromatic rings. The number of aromatic nitrogens is 2. The molecule has 0 spiro atoms. The van der Waals surface area contributed by atoms with E-state index in [-0.39, 0.29) is 11.9 Å². The van der Waals surface area contributed by atoms with Crippen LogP contribution in [0.3, 0.4) is 0 Å². The molecule has 0 saturated heterocycles. The molecule has 39 heavy (non-hydrogen) atoms. The number of hydrogen-bond acceptors (Lipinski definition) is 6. The molecule has 0 fully saturated rings. The topological polar surface area (TPSA) is 104 Å². The molecule has 3 aromatic carbocycles. The number of ether oxygens (including phenoxy) is 3. The number of amides is 2. The fourth-order valence-electron chi connectivity index (χ4n) is 4.18. The Bertz CT molecular complexity index is 1480. The van der Waals surface area contributed by atoms with Gasteiger partial charge in [0.25, 0.3) is 0 Å². The second-order valence-corrected chi connectivity index (χ2v) is 8.85. The van der Waals surface area contributed by atoms with Crippen LogP contribution in [-0.4, -0.2) is 42.5 Å². The number of carbonyl (C=O) groups excluding carboxylic acids is 2. The Morgan fingerprint density at radius 1 is 0.923 bits per heavy atom. The fourth-order valence-corrected chi connectivity index (χ4v) is 4.18. The van der Waals surface area contributed by atoms with E-state index in [2.05, 4.69) is 10.6 Å². The molecule has 1 aromatic heterocycles. The molecule has 0 bridgehead atoms. The normalized spacial score (nSPS) is 10.6. The van der Waals surface area contributed by atoms with Gasteiger partial charge in [0.15, 0.2) is 11.5 Å². The molecule has 9 nitrogen and oxygen atoms in total. The van der Waals surface area contributed by atoms with Gasteiger partial charge >= 0.3 is 12.0 Å². The van der Waals surface area contributed by atoms with Gasteiger partial charge in [0.2, 0.25) is 5.88 Å². The lowest BCUT2D eigenvalue weighted by Crippen LogP contribution is -2.29. The monoisotopic (exact) mass is 528 g/mol. The molecule has 0 saturated carbocycles. The predicted octanol–water partition coefficient (Wildman–Crippen LogP) is 5.99. The molecule has 0 aliphatic carbocycles. The van der Waals surface area contributed by atoms with Crippen molar-refractivity contribution in [3.05, 3.63) is 72.3 Å². The SMILES string of the molecule is CCCNC(=O)Nc1ccc(-c2c(-c3ccc(OC)c(OC)c3)nn(-c3ccccc3C)c2OC(C)=O)cc1. The highest BCUT2D eigenvalue weighted by Gasteiger charge is 2.26. The van der Waals surface area contributed by atoms with Crippen LogP contribution >= 0.6 is 0 Å². The second-order valence-electron chi connectivity index (χ2n) is 8.85. The third-order valence-electron chi connectivity index (χ3n) is 6.05. The summed E-state index contributed by atoms with van der Waals surface area (Å²) in [4.78, 5) is 24.4. The fraction of sp³-hybridized carbons (Fsp3) is 0.233. The summed E-state index contributed by atoms with van der Waals surface area (Å²) in [5, 5.41) is 10.6. The number of benzene rings is 3. The van der Waals surface area contributed by atoms with Crippen molar-refractivity contribution >= 4 is 17.7 Å². The van der Waals surface area contributed by atoms with Crippen molar-refractivity contribution in [2.75, 3.05) is 26.1 Å². The lowest BCUT2D eigenvalue weighted by molar-refractivity contribution is -0.132. The summed E-state index contributed by atoms with van der Waals surface area (Å²) in [6, 6.07) is 20.3. The molecule has 2 N–H and O–H groups in total. The van der Waals surface area contributed by atoms with Gasteiger partial charge in [-0.15, -0.1) is 0 Å². The second kappa shape index (κ2) is 12.2. The first-order chi connectivity index (χ1) is 18.9. The van der Waals surface area contributed by atoms with Crippen LogP contribution in [0.2, 0.25) is 0 Å². The van der Waals surface area contributed by atoms with Crippen LogP contribution in [-0.2, 0) is 4.79 Å². The van der Waals surface area contributed by atoms with E-state index in [1.165, 1.54) is 6.92 Å². The Balaban J connectivity index is 1.91. The van der Waals surface area contributed by atoms with Gasteiger partial charge in [0.05, 0.1) is 25.5 Å². The van der Waals surface area contributed by atoms with Gasteiger partial charge in [-0.05, 0) is 60.9 Å². The van der Waals surface area contributed by atoms with Crippen LogP contribution < -0.4 is 24.8 Å². The number of esters is 1. The summed E-state index contributed by atoms with van der Waals surface area (Å²) in [7, 11) is 3.15. The van der Waals surface area contributed by atoms with Crippen LogP contribution in [0.1, 0.15) is 25.8 Å². The Labute approximate surface area is 227 Å². The lowest BCUT2D eigenvalue weighted by atomic mass is 10.0. The minimum absolute atomic E-state index is 0.274. The summed E-state index contributed by atoms with van der Waals surface area (Å²) < 4.78 is 18.4. The molecular formula is C30H32N4O5. The van der Waals surface area contributed by atoms with Crippen molar-refractivity contribution in [2.45, 2.75) is 27.2 Å². The molecule has 202 valence electrons. The molecule has 1 heterocycles. The molecule has 9 heteroatoms. The van der Waals surface area contributed by atoms with E-state index >= 15 is 0 Å². The quantitative estimate of drug-likeness (QED) is 0.259. The standard InChI is InChI=1S/C30H32N4O5/c1-6-17-31-30(36)32-23-14-11-21(12-15-23)27-28(22-13-16-25(37-4)26(18-22)38-5)33-34(29(27)39-20(3)35)24-10-8-7-9-19(24)2/h7-16,18H,6,17H2,1-5H3,(H2,31,32,36). The van der Waals surface area contributed by atoms with E-state index in [4.69, 9.17) is 19.3 Å². The maximum Gasteiger partial charge on any atom is 0.319 e. The Hall–Kier alpha value is -4.79. The zero-order valence-electron chi connectivity index (χ0n) is 22.7. The average Bonchev–Trinajstić information content (AvgIpc) is 3.30. The van der Waals surface area contributed by atoms with E-state index in [1.807, 2.05) is 62.4 Å². The minimum atomic E-state index is -0.476. The Morgan fingerprint density at radius 2 is 1.62 bits per heavy atom. The Morgan fingerprint density at radius 3 is 2.26 bits per heavy atom. The van der Waals surface area contributed by atoms with E-state index in [9.17, 15) is 9.59 Å². The Kier molecular flexibility index (Phi) is 8.50. The highest BCUT2D eigenvalue weighted by atomic mass is 16.5. The van der Waals surface area contributed by atoms with Gasteiger partial charge in [-0.1, -0.05) is 37.3 Å². The van der Waals surface area contributed by atoms with E-state index in [1.54, 1.807) is 37.1 Å². The van der Waals surface area contributed by atoms with Gasteiger partial charge in [-0.3, -0.25) is 4.79 Å². The third-order valence-corrected chi connectivity index (χ3v) is 6.05. The number of nitrogens with zero attached hydrogens (tertiary/aromatic N) is 2. The first kappa shape index (κ1) is 27.3. The average molecular weight is 529 g/mol. The van der Waals surface area contributed by atoms with Gasteiger partial charge in [-0.2, -0.15) is 9.78 Å². The van der Waals surface area contributed by atoms with Crippen molar-refractivity contribution in [1.82, 2.24) is 15.1 Å². The van der Waals surface area contributed by atoms with Gasteiger partial charge in [0.1, 0.15) is 5.69 Å². The molecule has 0 unspecified atom stereocenters. The molecule has 0 radical (unpaired) electrons. The summed E-state index contributed by atoms with van der Waals surface area (Å²) in [5.41, 5.74) is 5.03. The maximum atomic E-state index is 12.3. The van der Waals surface area contributed by atoms with Crippen molar-refractivity contribution in [3.63, 3.8) is 0 Å². The van der Waals surface area contributed by atoms with Crippen molar-refractivity contribution in [3.8, 4) is 45.5 Å².